The van der Waals surface area contributed by atoms with Crippen LogP contribution in [0, 0.1) is 0 Å². The average Bonchev–Trinajstić information content (AvgIpc) is 2.96. The van der Waals surface area contributed by atoms with Gasteiger partial charge in [0.1, 0.15) is 0 Å². The number of nitrogens with one attached hydrogen (secondary N) is 1. The molecule has 0 radical (unpaired) electrons. The molecule has 0 aromatic heterocycles. The van der Waals surface area contributed by atoms with Crippen LogP contribution < -0.4 is 5.32 Å². The fourth-order valence-electron chi connectivity index (χ4n) is 3.93. The molecule has 2 atom stereocenters. The van der Waals surface area contributed by atoms with Crippen molar-refractivity contribution < 1.29 is 9.59 Å². The van der Waals surface area contributed by atoms with Gasteiger partial charge in [-0.2, -0.15) is 0 Å². The van der Waals surface area contributed by atoms with Crippen LogP contribution in [0.15, 0.2) is 24.3 Å². The van der Waals surface area contributed by atoms with Gasteiger partial charge in [0.25, 0.3) is 0 Å². The van der Waals surface area contributed by atoms with E-state index >= 15 is 0 Å². The number of carbonyl (C=O) groups excluding carboxylic acids is 2. The number of halogens is 1. The molecule has 1 amide bonds. The Morgan fingerprint density at radius 2 is 1.81 bits per heavy atom. The van der Waals surface area contributed by atoms with E-state index in [0.29, 0.717) is 24.9 Å². The first-order chi connectivity index (χ1) is 12.2. The Balaban J connectivity index is 0.00000243. The summed E-state index contributed by atoms with van der Waals surface area (Å²) >= 11 is 0. The van der Waals surface area contributed by atoms with Crippen molar-refractivity contribution in [3.8, 4) is 0 Å². The zero-order chi connectivity index (χ0) is 17.6. The summed E-state index contributed by atoms with van der Waals surface area (Å²) in [4.78, 5) is 26.8. The summed E-state index contributed by atoms with van der Waals surface area (Å²) in [5, 5.41) is 3.59. The van der Waals surface area contributed by atoms with Crippen molar-refractivity contribution in [1.29, 1.82) is 0 Å². The largest absolute Gasteiger partial charge is 0.341 e. The molecule has 2 saturated heterocycles. The van der Waals surface area contributed by atoms with Crippen LogP contribution >= 0.6 is 12.4 Å². The number of likely N-dealkylation sites (tertiary alicyclic amines) is 1. The van der Waals surface area contributed by atoms with Gasteiger partial charge < -0.3 is 10.2 Å². The van der Waals surface area contributed by atoms with E-state index in [-0.39, 0.29) is 24.1 Å². The Bertz CT molecular complexity index is 603. The second kappa shape index (κ2) is 10.1. The smallest absolute Gasteiger partial charge is 0.223 e. The average molecular weight is 379 g/mol. The van der Waals surface area contributed by atoms with Gasteiger partial charge in [-0.1, -0.05) is 37.6 Å². The Labute approximate surface area is 163 Å². The fraction of sp³-hybridized carbons (Fsp3) is 0.619. The van der Waals surface area contributed by atoms with Crippen LogP contribution in [0.2, 0.25) is 0 Å². The van der Waals surface area contributed by atoms with Gasteiger partial charge in [0.05, 0.1) is 0 Å². The normalized spacial score (nSPS) is 21.8. The van der Waals surface area contributed by atoms with Crippen LogP contribution in [-0.4, -0.2) is 41.8 Å². The predicted molar refractivity (Wildman–Crippen MR) is 107 cm³/mol. The minimum atomic E-state index is 0. The monoisotopic (exact) mass is 378 g/mol. The molecule has 2 unspecified atom stereocenters. The van der Waals surface area contributed by atoms with E-state index in [2.05, 4.69) is 12.2 Å². The van der Waals surface area contributed by atoms with E-state index in [1.165, 1.54) is 24.8 Å². The highest BCUT2D eigenvalue weighted by Gasteiger charge is 2.31. The second-order valence-electron chi connectivity index (χ2n) is 7.49. The number of unbranched alkanes of at least 4 members (excludes halogenated alkanes) is 1. The van der Waals surface area contributed by atoms with Crippen LogP contribution in [0.5, 0.6) is 0 Å². The highest BCUT2D eigenvalue weighted by atomic mass is 35.5. The van der Waals surface area contributed by atoms with Gasteiger partial charge >= 0.3 is 0 Å². The van der Waals surface area contributed by atoms with Crippen LogP contribution in [0.25, 0.3) is 0 Å². The molecule has 2 aliphatic rings. The molecule has 1 aromatic carbocycles. The number of rotatable bonds is 7. The zero-order valence-electron chi connectivity index (χ0n) is 15.7. The SMILES string of the molecule is CCCCc1ccc(C(=O)CCC(=O)N2CCC3CCC(C2)N3)cc1.Cl. The predicted octanol–water partition coefficient (Wildman–Crippen LogP) is 3.77. The van der Waals surface area contributed by atoms with Crippen molar-refractivity contribution in [3.05, 3.63) is 35.4 Å². The maximum absolute atomic E-state index is 12.5. The molecule has 0 saturated carbocycles. The molecule has 2 aliphatic heterocycles. The van der Waals surface area contributed by atoms with Crippen molar-refractivity contribution in [3.63, 3.8) is 0 Å². The molecule has 0 spiro atoms. The lowest BCUT2D eigenvalue weighted by Crippen LogP contribution is -2.39. The lowest BCUT2D eigenvalue weighted by molar-refractivity contribution is -0.131. The number of ketones is 1. The van der Waals surface area contributed by atoms with E-state index in [1.807, 2.05) is 29.2 Å². The highest BCUT2D eigenvalue weighted by Crippen LogP contribution is 2.21. The molecule has 2 heterocycles. The number of fused-ring (bicyclic) bond motifs is 2. The standard InChI is InChI=1S/C21H30N2O2.ClH/c1-2-3-4-16-5-7-17(8-6-16)20(24)11-12-21(25)23-14-13-18-9-10-19(15-23)22-18;/h5-8,18-19,22H,2-4,9-15H2,1H3;1H. The van der Waals surface area contributed by atoms with Crippen molar-refractivity contribution in [1.82, 2.24) is 10.2 Å². The van der Waals surface area contributed by atoms with E-state index < -0.39 is 0 Å². The molecule has 0 aliphatic carbocycles. The van der Waals surface area contributed by atoms with Crippen molar-refractivity contribution in [2.24, 2.45) is 0 Å². The third kappa shape index (κ3) is 5.55. The summed E-state index contributed by atoms with van der Waals surface area (Å²) in [5.41, 5.74) is 2.01. The first kappa shape index (κ1) is 20.9. The van der Waals surface area contributed by atoms with Crippen LogP contribution in [0.3, 0.4) is 0 Å². The van der Waals surface area contributed by atoms with Gasteiger partial charge in [0.15, 0.2) is 5.78 Å². The number of benzene rings is 1. The molecule has 4 nitrogen and oxygen atoms in total. The molecule has 2 fully saturated rings. The van der Waals surface area contributed by atoms with E-state index in [9.17, 15) is 9.59 Å². The fourth-order valence-corrected chi connectivity index (χ4v) is 3.93. The van der Waals surface area contributed by atoms with Gasteiger partial charge in [-0.3, -0.25) is 9.59 Å². The third-order valence-electron chi connectivity index (χ3n) is 5.54. The Hall–Kier alpha value is -1.39. The molecule has 26 heavy (non-hydrogen) atoms. The van der Waals surface area contributed by atoms with Crippen LogP contribution in [0.1, 0.15) is 67.8 Å². The molecule has 1 N–H and O–H groups in total. The van der Waals surface area contributed by atoms with Crippen LogP contribution in [-0.2, 0) is 11.2 Å². The van der Waals surface area contributed by atoms with Crippen molar-refractivity contribution >= 4 is 24.1 Å². The molecule has 5 heteroatoms. The summed E-state index contributed by atoms with van der Waals surface area (Å²) < 4.78 is 0. The van der Waals surface area contributed by atoms with Gasteiger partial charge in [-0.05, 0) is 37.7 Å². The summed E-state index contributed by atoms with van der Waals surface area (Å²) in [5.74, 6) is 0.201. The molecular formula is C21H31ClN2O2. The topological polar surface area (TPSA) is 49.4 Å². The number of hydrogen-bond acceptors (Lipinski definition) is 3. The molecule has 3 rings (SSSR count). The number of nitrogens with zero attached hydrogens (tertiary/aromatic N) is 1. The zero-order valence-corrected chi connectivity index (χ0v) is 16.5. The summed E-state index contributed by atoms with van der Waals surface area (Å²) in [7, 11) is 0. The lowest BCUT2D eigenvalue weighted by Gasteiger charge is -2.24. The Kier molecular flexibility index (Phi) is 8.11. The van der Waals surface area contributed by atoms with E-state index in [0.717, 1.165) is 37.9 Å². The summed E-state index contributed by atoms with van der Waals surface area (Å²) in [6.45, 7) is 3.81. The van der Waals surface area contributed by atoms with Crippen molar-refractivity contribution in [2.45, 2.75) is 70.4 Å². The van der Waals surface area contributed by atoms with Gasteiger partial charge in [-0.25, -0.2) is 0 Å². The molecule has 1 aromatic rings. The maximum atomic E-state index is 12.5. The lowest BCUT2D eigenvalue weighted by atomic mass is 10.0. The number of aryl methyl sites for hydroxylation is 1. The highest BCUT2D eigenvalue weighted by molar-refractivity contribution is 5.98. The minimum Gasteiger partial charge on any atom is -0.341 e. The quantitative estimate of drug-likeness (QED) is 0.735. The minimum absolute atomic E-state index is 0. The number of Topliss-reactive ketones (excluding diaryl/α,β-unsaturated/α-hetero) is 1. The van der Waals surface area contributed by atoms with Crippen LogP contribution in [0.4, 0.5) is 0 Å². The first-order valence-electron chi connectivity index (χ1n) is 9.81. The van der Waals surface area contributed by atoms with Gasteiger partial charge in [-0.15, -0.1) is 12.4 Å². The van der Waals surface area contributed by atoms with Crippen molar-refractivity contribution in [2.75, 3.05) is 13.1 Å². The second-order valence-corrected chi connectivity index (χ2v) is 7.49. The number of carbonyl (C=O) groups is 2. The summed E-state index contributed by atoms with van der Waals surface area (Å²) in [6, 6.07) is 8.93. The van der Waals surface area contributed by atoms with E-state index in [1.54, 1.807) is 0 Å². The Morgan fingerprint density at radius 3 is 2.54 bits per heavy atom. The number of hydrogen-bond donors (Lipinski definition) is 1. The first-order valence-corrected chi connectivity index (χ1v) is 9.81. The number of amides is 1. The maximum Gasteiger partial charge on any atom is 0.223 e. The summed E-state index contributed by atoms with van der Waals surface area (Å²) in [6.07, 6.45) is 7.49. The van der Waals surface area contributed by atoms with Gasteiger partial charge in [0, 0.05) is 43.6 Å². The molecule has 144 valence electrons. The van der Waals surface area contributed by atoms with E-state index in [4.69, 9.17) is 0 Å². The third-order valence-corrected chi connectivity index (χ3v) is 5.54. The molecule has 2 bridgehead atoms. The Morgan fingerprint density at radius 1 is 1.08 bits per heavy atom. The van der Waals surface area contributed by atoms with Gasteiger partial charge in [0.2, 0.25) is 5.91 Å². The molecular weight excluding hydrogens is 348 g/mol.